The number of aromatic nitrogens is 2. The average Bonchev–Trinajstić information content (AvgIpc) is 2.62. The second kappa shape index (κ2) is 8.10. The van der Waals surface area contributed by atoms with Crippen LogP contribution in [0.15, 0.2) is 30.5 Å². The van der Waals surface area contributed by atoms with E-state index in [1.165, 1.54) is 12.1 Å². The maximum absolute atomic E-state index is 14.1. The molecule has 0 spiro atoms. The van der Waals surface area contributed by atoms with E-state index < -0.39 is 24.3 Å². The Kier molecular flexibility index (Phi) is 5.82. The van der Waals surface area contributed by atoms with Crippen LogP contribution in [0.4, 0.5) is 23.5 Å². The van der Waals surface area contributed by atoms with Crippen LogP contribution in [0.5, 0.6) is 5.75 Å². The molecule has 146 valence electrons. The summed E-state index contributed by atoms with van der Waals surface area (Å²) in [6, 6.07) is 5.70. The van der Waals surface area contributed by atoms with Gasteiger partial charge in [-0.2, -0.15) is 13.2 Å². The fourth-order valence-corrected chi connectivity index (χ4v) is 3.11. The molecule has 1 N–H and O–H groups in total. The van der Waals surface area contributed by atoms with Gasteiger partial charge in [-0.05, 0) is 55.9 Å². The quantitative estimate of drug-likeness (QED) is 0.720. The summed E-state index contributed by atoms with van der Waals surface area (Å²) in [7, 11) is 0. The first kappa shape index (κ1) is 19.4. The standard InChI is InChI=1S/C19H21F4N3O/c1-12-2-5-14(6-3-12)25-18-24-9-8-16(26-18)13-4-7-17(15(20)10-13)27-11-19(21,22)23/h4,7-10,12,14H,2-3,5-6,11H2,1H3,(H,24,25,26). The first-order valence-electron chi connectivity index (χ1n) is 8.89. The number of nitrogens with one attached hydrogen (secondary N) is 1. The molecule has 1 saturated carbocycles. The van der Waals surface area contributed by atoms with Crippen LogP contribution in [0.2, 0.25) is 0 Å². The van der Waals surface area contributed by atoms with Crippen LogP contribution in [0.25, 0.3) is 11.3 Å². The summed E-state index contributed by atoms with van der Waals surface area (Å²) < 4.78 is 55.2. The van der Waals surface area contributed by atoms with E-state index in [1.807, 2.05) is 0 Å². The molecule has 1 aromatic carbocycles. The predicted octanol–water partition coefficient (Wildman–Crippen LogP) is 5.21. The highest BCUT2D eigenvalue weighted by molar-refractivity contribution is 5.61. The maximum atomic E-state index is 14.1. The van der Waals surface area contributed by atoms with Crippen molar-refractivity contribution in [1.82, 2.24) is 9.97 Å². The van der Waals surface area contributed by atoms with Gasteiger partial charge < -0.3 is 10.1 Å². The molecule has 0 saturated heterocycles. The predicted molar refractivity (Wildman–Crippen MR) is 94.0 cm³/mol. The molecule has 0 amide bonds. The minimum atomic E-state index is -4.52. The van der Waals surface area contributed by atoms with Crippen molar-refractivity contribution in [2.24, 2.45) is 5.92 Å². The van der Waals surface area contributed by atoms with Crippen molar-refractivity contribution in [3.8, 4) is 17.0 Å². The minimum Gasteiger partial charge on any atom is -0.481 e. The molecular weight excluding hydrogens is 362 g/mol. The lowest BCUT2D eigenvalue weighted by atomic mass is 9.87. The first-order chi connectivity index (χ1) is 12.8. The number of nitrogens with zero attached hydrogens (tertiary/aromatic N) is 2. The van der Waals surface area contributed by atoms with Gasteiger partial charge in [-0.3, -0.25) is 0 Å². The smallest absolute Gasteiger partial charge is 0.422 e. The van der Waals surface area contributed by atoms with Crippen molar-refractivity contribution in [3.63, 3.8) is 0 Å². The van der Waals surface area contributed by atoms with E-state index in [0.717, 1.165) is 37.7 Å². The summed E-state index contributed by atoms with van der Waals surface area (Å²) >= 11 is 0. The fraction of sp³-hybridized carbons (Fsp3) is 0.474. The average molecular weight is 383 g/mol. The number of benzene rings is 1. The normalized spacial score (nSPS) is 20.3. The molecule has 1 aliphatic carbocycles. The molecule has 8 heteroatoms. The third kappa shape index (κ3) is 5.55. The lowest BCUT2D eigenvalue weighted by molar-refractivity contribution is -0.153. The van der Waals surface area contributed by atoms with Gasteiger partial charge in [-0.25, -0.2) is 14.4 Å². The van der Waals surface area contributed by atoms with Crippen LogP contribution in [-0.4, -0.2) is 28.8 Å². The van der Waals surface area contributed by atoms with Crippen LogP contribution in [0, 0.1) is 11.7 Å². The van der Waals surface area contributed by atoms with Crippen molar-refractivity contribution < 1.29 is 22.3 Å². The number of rotatable bonds is 5. The van der Waals surface area contributed by atoms with Crippen LogP contribution in [-0.2, 0) is 0 Å². The molecule has 1 aromatic heterocycles. The van der Waals surface area contributed by atoms with Gasteiger partial charge in [0.1, 0.15) is 0 Å². The van der Waals surface area contributed by atoms with Gasteiger partial charge in [-0.15, -0.1) is 0 Å². The Bertz CT molecular complexity index is 774. The summed E-state index contributed by atoms with van der Waals surface area (Å²) in [4.78, 5) is 8.61. The molecule has 1 aliphatic rings. The number of anilines is 1. The summed E-state index contributed by atoms with van der Waals surface area (Å²) in [5.41, 5.74) is 0.924. The largest absolute Gasteiger partial charge is 0.481 e. The Labute approximate surface area is 155 Å². The molecular formula is C19H21F4N3O. The number of alkyl halides is 3. The third-order valence-electron chi connectivity index (χ3n) is 4.62. The monoisotopic (exact) mass is 383 g/mol. The van der Waals surface area contributed by atoms with Crippen molar-refractivity contribution in [3.05, 3.63) is 36.3 Å². The molecule has 3 rings (SSSR count). The lowest BCUT2D eigenvalue weighted by Crippen LogP contribution is -2.26. The number of halogens is 4. The zero-order valence-corrected chi connectivity index (χ0v) is 14.9. The zero-order chi connectivity index (χ0) is 19.4. The minimum absolute atomic E-state index is 0.311. The van der Waals surface area contributed by atoms with Gasteiger partial charge >= 0.3 is 6.18 Å². The van der Waals surface area contributed by atoms with E-state index in [0.29, 0.717) is 23.2 Å². The number of hydrogen-bond donors (Lipinski definition) is 1. The van der Waals surface area contributed by atoms with Gasteiger partial charge in [0.25, 0.3) is 0 Å². The second-order valence-corrected chi connectivity index (χ2v) is 6.92. The van der Waals surface area contributed by atoms with Gasteiger partial charge in [0.05, 0.1) is 5.69 Å². The van der Waals surface area contributed by atoms with Gasteiger partial charge in [0.2, 0.25) is 5.95 Å². The molecule has 0 aliphatic heterocycles. The number of hydrogen-bond acceptors (Lipinski definition) is 4. The van der Waals surface area contributed by atoms with E-state index in [1.54, 1.807) is 12.3 Å². The maximum Gasteiger partial charge on any atom is 0.422 e. The molecule has 0 radical (unpaired) electrons. The fourth-order valence-electron chi connectivity index (χ4n) is 3.11. The van der Waals surface area contributed by atoms with Crippen molar-refractivity contribution >= 4 is 5.95 Å². The van der Waals surface area contributed by atoms with E-state index in [4.69, 9.17) is 0 Å². The summed E-state index contributed by atoms with van der Waals surface area (Å²) in [5, 5.41) is 3.31. The molecule has 0 atom stereocenters. The SMILES string of the molecule is CC1CCC(Nc2nccc(-c3ccc(OCC(F)(F)F)c(F)c3)n2)CC1. The van der Waals surface area contributed by atoms with E-state index in [9.17, 15) is 17.6 Å². The van der Waals surface area contributed by atoms with Gasteiger partial charge in [0, 0.05) is 17.8 Å². The Hall–Kier alpha value is -2.38. The second-order valence-electron chi connectivity index (χ2n) is 6.92. The molecule has 4 nitrogen and oxygen atoms in total. The van der Waals surface area contributed by atoms with E-state index in [2.05, 4.69) is 26.9 Å². The summed E-state index contributed by atoms with van der Waals surface area (Å²) in [6.45, 7) is 0.703. The molecule has 1 fully saturated rings. The highest BCUT2D eigenvalue weighted by Crippen LogP contribution is 2.28. The van der Waals surface area contributed by atoms with Crippen LogP contribution < -0.4 is 10.1 Å². The van der Waals surface area contributed by atoms with E-state index in [-0.39, 0.29) is 0 Å². The van der Waals surface area contributed by atoms with E-state index >= 15 is 0 Å². The molecule has 0 unspecified atom stereocenters. The zero-order valence-electron chi connectivity index (χ0n) is 14.9. The molecule has 1 heterocycles. The van der Waals surface area contributed by atoms with Gasteiger partial charge in [-0.1, -0.05) is 6.92 Å². The first-order valence-corrected chi connectivity index (χ1v) is 8.89. The molecule has 27 heavy (non-hydrogen) atoms. The Morgan fingerprint density at radius 2 is 1.89 bits per heavy atom. The Morgan fingerprint density at radius 3 is 2.56 bits per heavy atom. The topological polar surface area (TPSA) is 47.0 Å². The van der Waals surface area contributed by atoms with Crippen molar-refractivity contribution in [2.75, 3.05) is 11.9 Å². The molecule has 0 bridgehead atoms. The highest BCUT2D eigenvalue weighted by atomic mass is 19.4. The number of ether oxygens (including phenoxy) is 1. The third-order valence-corrected chi connectivity index (χ3v) is 4.62. The van der Waals surface area contributed by atoms with Crippen molar-refractivity contribution in [2.45, 2.75) is 44.8 Å². The van der Waals surface area contributed by atoms with Crippen molar-refractivity contribution in [1.29, 1.82) is 0 Å². The van der Waals surface area contributed by atoms with Crippen LogP contribution >= 0.6 is 0 Å². The summed E-state index contributed by atoms with van der Waals surface area (Å²) in [6.07, 6.45) is 1.46. The Morgan fingerprint density at radius 1 is 1.15 bits per heavy atom. The lowest BCUT2D eigenvalue weighted by Gasteiger charge is -2.26. The molecule has 2 aromatic rings. The van der Waals surface area contributed by atoms with Gasteiger partial charge in [0.15, 0.2) is 18.2 Å². The van der Waals surface area contributed by atoms with Crippen LogP contribution in [0.3, 0.4) is 0 Å². The highest BCUT2D eigenvalue weighted by Gasteiger charge is 2.29. The summed E-state index contributed by atoms with van der Waals surface area (Å²) in [5.74, 6) is -0.118. The van der Waals surface area contributed by atoms with Crippen LogP contribution in [0.1, 0.15) is 32.6 Å². The Balaban J connectivity index is 1.70.